The highest BCUT2D eigenvalue weighted by molar-refractivity contribution is 7.89. The summed E-state index contributed by atoms with van der Waals surface area (Å²) in [5.41, 5.74) is 1.62. The molecule has 0 spiro atoms. The third-order valence-corrected chi connectivity index (χ3v) is 8.09. The summed E-state index contributed by atoms with van der Waals surface area (Å²) in [5.74, 6) is -0.834. The Bertz CT molecular complexity index is 1300. The monoisotopic (exact) mass is 561 g/mol. The normalized spacial score (nSPS) is 12.2. The molecule has 3 aromatic rings. The number of hydrogen-bond donors (Lipinski definition) is 1. The molecule has 0 bridgehead atoms. The van der Waals surface area contributed by atoms with Crippen molar-refractivity contribution >= 4 is 45.0 Å². The van der Waals surface area contributed by atoms with Gasteiger partial charge in [-0.2, -0.15) is 4.31 Å². The van der Waals surface area contributed by atoms with Crippen LogP contribution < -0.4 is 5.32 Å². The quantitative estimate of drug-likeness (QED) is 0.376. The summed E-state index contributed by atoms with van der Waals surface area (Å²) >= 11 is 11.9. The van der Waals surface area contributed by atoms with Crippen LogP contribution in [0.2, 0.25) is 10.0 Å². The van der Waals surface area contributed by atoms with Crippen molar-refractivity contribution in [1.82, 2.24) is 14.5 Å². The molecular weight excluding hydrogens is 533 g/mol. The van der Waals surface area contributed by atoms with Crippen LogP contribution in [0.4, 0.5) is 0 Å². The highest BCUT2D eigenvalue weighted by atomic mass is 35.5. The lowest BCUT2D eigenvalue weighted by Crippen LogP contribution is -2.53. The SMILES string of the molecule is CCNC(=O)[C@H](Cc1ccccc1)N(Cc1ccc(Cl)cc1)C(=O)CN(C)S(=O)(=O)c1ccc(Cl)cc1. The van der Waals surface area contributed by atoms with Crippen LogP contribution in [0.1, 0.15) is 18.1 Å². The van der Waals surface area contributed by atoms with Crippen molar-refractivity contribution in [2.24, 2.45) is 0 Å². The maximum Gasteiger partial charge on any atom is 0.243 e. The molecule has 0 fully saturated rings. The highest BCUT2D eigenvalue weighted by Gasteiger charge is 2.32. The number of rotatable bonds is 11. The summed E-state index contributed by atoms with van der Waals surface area (Å²) in [6, 6.07) is 21.2. The van der Waals surface area contributed by atoms with Crippen LogP contribution in [0.25, 0.3) is 0 Å². The van der Waals surface area contributed by atoms with Gasteiger partial charge in [-0.1, -0.05) is 65.7 Å². The summed E-state index contributed by atoms with van der Waals surface area (Å²) in [4.78, 5) is 28.3. The summed E-state index contributed by atoms with van der Waals surface area (Å²) in [5, 5.41) is 3.75. The molecule has 1 N–H and O–H groups in total. The molecule has 0 aromatic heterocycles. The van der Waals surface area contributed by atoms with E-state index in [0.717, 1.165) is 15.4 Å². The molecule has 0 radical (unpaired) electrons. The predicted molar refractivity (Wildman–Crippen MR) is 146 cm³/mol. The molecular formula is C27H29Cl2N3O4S. The van der Waals surface area contributed by atoms with Crippen LogP contribution in [0, 0.1) is 0 Å². The first-order valence-electron chi connectivity index (χ1n) is 11.7. The van der Waals surface area contributed by atoms with E-state index in [1.807, 2.05) is 30.3 Å². The van der Waals surface area contributed by atoms with Crippen molar-refractivity contribution in [2.45, 2.75) is 30.8 Å². The first-order chi connectivity index (χ1) is 17.6. The van der Waals surface area contributed by atoms with E-state index in [1.165, 1.54) is 36.2 Å². The molecule has 0 heterocycles. The number of carbonyl (C=O) groups is 2. The molecule has 0 aliphatic heterocycles. The zero-order valence-electron chi connectivity index (χ0n) is 20.6. The number of nitrogens with one attached hydrogen (secondary N) is 1. The van der Waals surface area contributed by atoms with Crippen molar-refractivity contribution in [3.8, 4) is 0 Å². The molecule has 0 unspecified atom stereocenters. The Morgan fingerprint density at radius 2 is 1.43 bits per heavy atom. The van der Waals surface area contributed by atoms with Crippen LogP contribution in [-0.2, 0) is 32.6 Å². The van der Waals surface area contributed by atoms with Crippen LogP contribution in [0.3, 0.4) is 0 Å². The Balaban J connectivity index is 1.94. The molecule has 0 saturated heterocycles. The van der Waals surface area contributed by atoms with Crippen molar-refractivity contribution in [3.63, 3.8) is 0 Å². The van der Waals surface area contributed by atoms with Gasteiger partial charge in [0, 0.05) is 36.6 Å². The van der Waals surface area contributed by atoms with E-state index in [9.17, 15) is 18.0 Å². The Kier molecular flexibility index (Phi) is 10.1. The van der Waals surface area contributed by atoms with E-state index in [2.05, 4.69) is 5.32 Å². The van der Waals surface area contributed by atoms with Crippen molar-refractivity contribution < 1.29 is 18.0 Å². The Morgan fingerprint density at radius 3 is 2.00 bits per heavy atom. The molecule has 0 saturated carbocycles. The number of hydrogen-bond acceptors (Lipinski definition) is 4. The van der Waals surface area contributed by atoms with E-state index >= 15 is 0 Å². The van der Waals surface area contributed by atoms with Gasteiger partial charge in [0.2, 0.25) is 21.8 Å². The minimum Gasteiger partial charge on any atom is -0.355 e. The number of sulfonamides is 1. The molecule has 0 aliphatic rings. The average Bonchev–Trinajstić information content (AvgIpc) is 2.88. The van der Waals surface area contributed by atoms with Gasteiger partial charge in [0.25, 0.3) is 0 Å². The van der Waals surface area contributed by atoms with E-state index in [1.54, 1.807) is 31.2 Å². The second-order valence-electron chi connectivity index (χ2n) is 8.46. The molecule has 37 heavy (non-hydrogen) atoms. The van der Waals surface area contributed by atoms with Crippen molar-refractivity contribution in [2.75, 3.05) is 20.1 Å². The zero-order chi connectivity index (χ0) is 27.0. The van der Waals surface area contributed by atoms with Crippen LogP contribution >= 0.6 is 23.2 Å². The zero-order valence-corrected chi connectivity index (χ0v) is 22.9. The first kappa shape index (κ1) is 28.7. The maximum atomic E-state index is 13.7. The second kappa shape index (κ2) is 13.1. The van der Waals surface area contributed by atoms with Gasteiger partial charge in [0.05, 0.1) is 11.4 Å². The number of halogens is 2. The third kappa shape index (κ3) is 7.79. The minimum atomic E-state index is -3.97. The topological polar surface area (TPSA) is 86.8 Å². The molecule has 1 atom stereocenters. The van der Waals surface area contributed by atoms with Gasteiger partial charge in [-0.15, -0.1) is 0 Å². The van der Waals surface area contributed by atoms with Gasteiger partial charge in [-0.3, -0.25) is 9.59 Å². The van der Waals surface area contributed by atoms with Gasteiger partial charge < -0.3 is 10.2 Å². The van der Waals surface area contributed by atoms with Crippen molar-refractivity contribution in [1.29, 1.82) is 0 Å². The fourth-order valence-corrected chi connectivity index (χ4v) is 5.16. The largest absolute Gasteiger partial charge is 0.355 e. The van der Waals surface area contributed by atoms with Crippen LogP contribution in [-0.4, -0.2) is 55.6 Å². The number of amides is 2. The summed E-state index contributed by atoms with van der Waals surface area (Å²) in [6.45, 7) is 1.83. The predicted octanol–water partition coefficient (Wildman–Crippen LogP) is 4.39. The standard InChI is InChI=1S/C27H29Cl2N3O4S/c1-3-30-27(34)25(17-20-7-5-4-6-8-20)32(18-21-9-11-22(28)12-10-21)26(33)19-31(2)37(35,36)24-15-13-23(29)14-16-24/h4-16,25H,3,17-19H2,1-2H3,(H,30,34)/t25-/m0/s1. The molecule has 0 aliphatic carbocycles. The Labute approximate surface area is 228 Å². The third-order valence-electron chi connectivity index (χ3n) is 5.77. The fraction of sp³-hybridized carbons (Fsp3) is 0.259. The lowest BCUT2D eigenvalue weighted by Gasteiger charge is -2.32. The molecule has 7 nitrogen and oxygen atoms in total. The molecule has 3 aromatic carbocycles. The average molecular weight is 563 g/mol. The molecule has 3 rings (SSSR count). The Hall–Kier alpha value is -2.91. The van der Waals surface area contributed by atoms with Gasteiger partial charge in [0.15, 0.2) is 0 Å². The van der Waals surface area contributed by atoms with Gasteiger partial charge in [-0.25, -0.2) is 8.42 Å². The lowest BCUT2D eigenvalue weighted by molar-refractivity contribution is -0.141. The van der Waals surface area contributed by atoms with E-state index in [-0.39, 0.29) is 23.8 Å². The number of likely N-dealkylation sites (N-methyl/N-ethyl adjacent to an activating group) is 2. The summed E-state index contributed by atoms with van der Waals surface area (Å²) < 4.78 is 27.2. The Morgan fingerprint density at radius 1 is 0.865 bits per heavy atom. The molecule has 10 heteroatoms. The van der Waals surface area contributed by atoms with Gasteiger partial charge >= 0.3 is 0 Å². The molecule has 2 amide bonds. The van der Waals surface area contributed by atoms with Crippen LogP contribution in [0.5, 0.6) is 0 Å². The summed E-state index contributed by atoms with van der Waals surface area (Å²) in [7, 11) is -2.63. The number of carbonyl (C=O) groups excluding carboxylic acids is 2. The van der Waals surface area contributed by atoms with E-state index < -0.39 is 28.5 Å². The van der Waals surface area contributed by atoms with Crippen molar-refractivity contribution in [3.05, 3.63) is 100 Å². The first-order valence-corrected chi connectivity index (χ1v) is 13.9. The van der Waals surface area contributed by atoms with Gasteiger partial charge in [-0.05, 0) is 54.4 Å². The maximum absolute atomic E-state index is 13.7. The van der Waals surface area contributed by atoms with E-state index in [4.69, 9.17) is 23.2 Å². The van der Waals surface area contributed by atoms with Gasteiger partial charge in [0.1, 0.15) is 6.04 Å². The number of nitrogens with zero attached hydrogens (tertiary/aromatic N) is 2. The number of benzene rings is 3. The van der Waals surface area contributed by atoms with Crippen LogP contribution in [0.15, 0.2) is 83.8 Å². The molecule has 196 valence electrons. The smallest absolute Gasteiger partial charge is 0.243 e. The fourth-order valence-electron chi connectivity index (χ4n) is 3.79. The lowest BCUT2D eigenvalue weighted by atomic mass is 10.0. The van der Waals surface area contributed by atoms with E-state index in [0.29, 0.717) is 16.6 Å². The minimum absolute atomic E-state index is 0.0148. The second-order valence-corrected chi connectivity index (χ2v) is 11.4. The highest BCUT2D eigenvalue weighted by Crippen LogP contribution is 2.20. The summed E-state index contributed by atoms with van der Waals surface area (Å²) in [6.07, 6.45) is 0.264.